The Kier molecular flexibility index (Phi) is 3.93. The van der Waals surface area contributed by atoms with Gasteiger partial charge in [0.2, 0.25) is 0 Å². The van der Waals surface area contributed by atoms with E-state index in [0.29, 0.717) is 17.9 Å². The number of rotatable bonds is 3. The number of hydrogen-bond donors (Lipinski definition) is 0. The van der Waals surface area contributed by atoms with Gasteiger partial charge in [0.15, 0.2) is 5.78 Å². The normalized spacial score (nSPS) is 30.2. The standard InChI is InChI=1S/C18H25NO/c1-3-13-7-4-5-10-17(13)18(20)14-11-15-8-6-9-16(12-14)19(15)2/h4-5,7,10,14-16H,3,6,8-9,11-12H2,1-2H3. The maximum atomic E-state index is 12.9. The van der Waals surface area contributed by atoms with Crippen LogP contribution in [0.25, 0.3) is 0 Å². The quantitative estimate of drug-likeness (QED) is 0.781. The van der Waals surface area contributed by atoms with Crippen molar-refractivity contribution in [2.45, 2.75) is 57.5 Å². The summed E-state index contributed by atoms with van der Waals surface area (Å²) in [5.41, 5.74) is 2.18. The van der Waals surface area contributed by atoms with E-state index in [9.17, 15) is 4.79 Å². The highest BCUT2D eigenvalue weighted by atomic mass is 16.1. The Morgan fingerprint density at radius 3 is 2.50 bits per heavy atom. The maximum absolute atomic E-state index is 12.9. The fourth-order valence-electron chi connectivity index (χ4n) is 4.12. The number of Topliss-reactive ketones (excluding diaryl/α,β-unsaturated/α-hetero) is 1. The SMILES string of the molecule is CCc1ccccc1C(=O)C1CC2CCCC(C1)N2C. The topological polar surface area (TPSA) is 20.3 Å². The Morgan fingerprint density at radius 1 is 1.20 bits per heavy atom. The van der Waals surface area contributed by atoms with Crippen LogP contribution in [0.3, 0.4) is 0 Å². The second kappa shape index (κ2) is 5.69. The summed E-state index contributed by atoms with van der Waals surface area (Å²) >= 11 is 0. The van der Waals surface area contributed by atoms with E-state index in [1.54, 1.807) is 0 Å². The number of carbonyl (C=O) groups is 1. The molecule has 0 N–H and O–H groups in total. The lowest BCUT2D eigenvalue weighted by molar-refractivity contribution is 0.0338. The van der Waals surface area contributed by atoms with E-state index in [1.807, 2.05) is 18.2 Å². The van der Waals surface area contributed by atoms with Crippen molar-refractivity contribution in [1.29, 1.82) is 0 Å². The van der Waals surface area contributed by atoms with Crippen LogP contribution in [0, 0.1) is 5.92 Å². The van der Waals surface area contributed by atoms with Gasteiger partial charge in [0.25, 0.3) is 0 Å². The Morgan fingerprint density at radius 2 is 1.85 bits per heavy atom. The Labute approximate surface area is 122 Å². The summed E-state index contributed by atoms with van der Waals surface area (Å²) in [4.78, 5) is 15.4. The Hall–Kier alpha value is -1.15. The molecule has 0 radical (unpaired) electrons. The third-order valence-corrected chi connectivity index (χ3v) is 5.37. The molecule has 2 atom stereocenters. The van der Waals surface area contributed by atoms with E-state index in [4.69, 9.17) is 0 Å². The molecule has 2 unspecified atom stereocenters. The van der Waals surface area contributed by atoms with Crippen LogP contribution in [0.5, 0.6) is 0 Å². The van der Waals surface area contributed by atoms with Crippen molar-refractivity contribution in [3.63, 3.8) is 0 Å². The summed E-state index contributed by atoms with van der Waals surface area (Å²) in [5.74, 6) is 0.640. The van der Waals surface area contributed by atoms with Crippen LogP contribution in [-0.4, -0.2) is 29.8 Å². The molecule has 1 aromatic carbocycles. The molecule has 20 heavy (non-hydrogen) atoms. The molecule has 2 heteroatoms. The number of nitrogens with zero attached hydrogens (tertiary/aromatic N) is 1. The van der Waals surface area contributed by atoms with Gasteiger partial charge in [-0.3, -0.25) is 4.79 Å². The van der Waals surface area contributed by atoms with Crippen LogP contribution in [0.2, 0.25) is 0 Å². The number of hydrogen-bond acceptors (Lipinski definition) is 2. The number of piperidine rings is 2. The summed E-state index contributed by atoms with van der Waals surface area (Å²) in [7, 11) is 2.25. The van der Waals surface area contributed by atoms with Gasteiger partial charge in [-0.1, -0.05) is 37.6 Å². The maximum Gasteiger partial charge on any atom is 0.166 e. The zero-order chi connectivity index (χ0) is 14.1. The molecule has 2 aliphatic heterocycles. The minimum atomic E-state index is 0.245. The summed E-state index contributed by atoms with van der Waals surface area (Å²) < 4.78 is 0. The predicted octanol–water partition coefficient (Wildman–Crippen LogP) is 3.69. The Balaban J connectivity index is 1.81. The first-order valence-electron chi connectivity index (χ1n) is 8.04. The smallest absolute Gasteiger partial charge is 0.166 e. The molecular weight excluding hydrogens is 246 g/mol. The monoisotopic (exact) mass is 271 g/mol. The summed E-state index contributed by atoms with van der Waals surface area (Å²) in [5, 5.41) is 0. The predicted molar refractivity (Wildman–Crippen MR) is 82.1 cm³/mol. The van der Waals surface area contributed by atoms with Gasteiger partial charge in [0, 0.05) is 23.6 Å². The summed E-state index contributed by atoms with van der Waals surface area (Å²) in [6.45, 7) is 2.13. The van der Waals surface area contributed by atoms with Crippen molar-refractivity contribution >= 4 is 5.78 Å². The third kappa shape index (κ3) is 2.42. The van der Waals surface area contributed by atoms with Crippen LogP contribution in [-0.2, 0) is 6.42 Å². The lowest BCUT2D eigenvalue weighted by Crippen LogP contribution is -2.51. The summed E-state index contributed by atoms with van der Waals surface area (Å²) in [6, 6.07) is 9.43. The van der Waals surface area contributed by atoms with Crippen molar-refractivity contribution in [3.8, 4) is 0 Å². The summed E-state index contributed by atoms with van der Waals surface area (Å²) in [6.07, 6.45) is 6.94. The second-order valence-corrected chi connectivity index (χ2v) is 6.45. The molecular formula is C18H25NO. The van der Waals surface area contributed by atoms with Crippen LogP contribution < -0.4 is 0 Å². The molecule has 0 aromatic heterocycles. The number of ketones is 1. The van der Waals surface area contributed by atoms with E-state index in [0.717, 1.165) is 24.8 Å². The molecule has 2 aliphatic rings. The van der Waals surface area contributed by atoms with E-state index in [-0.39, 0.29) is 5.92 Å². The van der Waals surface area contributed by atoms with Crippen molar-refractivity contribution in [2.24, 2.45) is 5.92 Å². The minimum Gasteiger partial charge on any atom is -0.300 e. The van der Waals surface area contributed by atoms with Crippen molar-refractivity contribution in [1.82, 2.24) is 4.90 Å². The molecule has 0 saturated carbocycles. The fourth-order valence-corrected chi connectivity index (χ4v) is 4.12. The molecule has 1 aromatic rings. The van der Waals surface area contributed by atoms with Gasteiger partial charge in [-0.2, -0.15) is 0 Å². The second-order valence-electron chi connectivity index (χ2n) is 6.45. The van der Waals surface area contributed by atoms with Crippen LogP contribution in [0.4, 0.5) is 0 Å². The number of benzene rings is 1. The minimum absolute atomic E-state index is 0.245. The molecule has 2 saturated heterocycles. The molecule has 2 fully saturated rings. The van der Waals surface area contributed by atoms with Gasteiger partial charge in [-0.15, -0.1) is 0 Å². The highest BCUT2D eigenvalue weighted by Crippen LogP contribution is 2.37. The van der Waals surface area contributed by atoms with Crippen molar-refractivity contribution in [3.05, 3.63) is 35.4 Å². The van der Waals surface area contributed by atoms with Gasteiger partial charge in [-0.05, 0) is 44.7 Å². The average molecular weight is 271 g/mol. The van der Waals surface area contributed by atoms with Gasteiger partial charge >= 0.3 is 0 Å². The third-order valence-electron chi connectivity index (χ3n) is 5.37. The van der Waals surface area contributed by atoms with E-state index in [1.165, 1.54) is 24.8 Å². The van der Waals surface area contributed by atoms with Gasteiger partial charge in [0.1, 0.15) is 0 Å². The first kappa shape index (κ1) is 13.8. The highest BCUT2D eigenvalue weighted by molar-refractivity contribution is 5.99. The molecule has 2 bridgehead atoms. The molecule has 0 aliphatic carbocycles. The van der Waals surface area contributed by atoms with E-state index >= 15 is 0 Å². The molecule has 3 rings (SSSR count). The van der Waals surface area contributed by atoms with E-state index in [2.05, 4.69) is 24.9 Å². The highest BCUT2D eigenvalue weighted by Gasteiger charge is 2.39. The zero-order valence-corrected chi connectivity index (χ0v) is 12.6. The first-order valence-corrected chi connectivity index (χ1v) is 8.04. The lowest BCUT2D eigenvalue weighted by Gasteiger charge is -2.46. The Bertz CT molecular complexity index is 482. The molecule has 108 valence electrons. The van der Waals surface area contributed by atoms with Crippen LogP contribution in [0.15, 0.2) is 24.3 Å². The molecule has 0 spiro atoms. The first-order chi connectivity index (χ1) is 9.70. The van der Waals surface area contributed by atoms with Crippen LogP contribution in [0.1, 0.15) is 54.9 Å². The molecule has 2 heterocycles. The van der Waals surface area contributed by atoms with Crippen LogP contribution >= 0.6 is 0 Å². The number of carbonyl (C=O) groups excluding carboxylic acids is 1. The van der Waals surface area contributed by atoms with Crippen molar-refractivity contribution < 1.29 is 4.79 Å². The van der Waals surface area contributed by atoms with E-state index < -0.39 is 0 Å². The number of fused-ring (bicyclic) bond motifs is 2. The average Bonchev–Trinajstić information content (AvgIpc) is 2.46. The largest absolute Gasteiger partial charge is 0.300 e. The van der Waals surface area contributed by atoms with Crippen molar-refractivity contribution in [2.75, 3.05) is 7.05 Å². The zero-order valence-electron chi connectivity index (χ0n) is 12.6. The molecule has 0 amide bonds. The van der Waals surface area contributed by atoms with Gasteiger partial charge in [0.05, 0.1) is 0 Å². The lowest BCUT2D eigenvalue weighted by atomic mass is 9.75. The fraction of sp³-hybridized carbons (Fsp3) is 0.611. The number of aryl methyl sites for hydroxylation is 1. The van der Waals surface area contributed by atoms with Gasteiger partial charge in [-0.25, -0.2) is 0 Å². The van der Waals surface area contributed by atoms with Gasteiger partial charge < -0.3 is 4.90 Å². The molecule has 2 nitrogen and oxygen atoms in total.